The number of carbonyl (C=O) groups is 1. The van der Waals surface area contributed by atoms with Gasteiger partial charge in [0, 0.05) is 22.4 Å². The van der Waals surface area contributed by atoms with Crippen LogP contribution < -0.4 is 14.9 Å². The Morgan fingerprint density at radius 2 is 1.76 bits per heavy atom. The second-order valence-electron chi connectivity index (χ2n) is 5.97. The summed E-state index contributed by atoms with van der Waals surface area (Å²) in [6.07, 6.45) is 1.83. The van der Waals surface area contributed by atoms with Crippen LogP contribution >= 0.6 is 15.9 Å². The van der Waals surface area contributed by atoms with Crippen LogP contribution in [0, 0.1) is 6.92 Å². The number of fused-ring (bicyclic) bond motifs is 1. The van der Waals surface area contributed by atoms with Crippen molar-refractivity contribution in [3.8, 4) is 0 Å². The first-order valence-electron chi connectivity index (χ1n) is 7.69. The van der Waals surface area contributed by atoms with Gasteiger partial charge in [-0.2, -0.15) is 0 Å². The highest BCUT2D eigenvalue weighted by molar-refractivity contribution is 9.10. The van der Waals surface area contributed by atoms with E-state index in [4.69, 9.17) is 0 Å². The Morgan fingerprint density at radius 3 is 2.40 bits per heavy atom. The highest BCUT2D eigenvalue weighted by Crippen LogP contribution is 2.32. The van der Waals surface area contributed by atoms with Crippen molar-refractivity contribution in [3.63, 3.8) is 0 Å². The van der Waals surface area contributed by atoms with Gasteiger partial charge in [-0.25, -0.2) is 13.2 Å². The van der Waals surface area contributed by atoms with Crippen LogP contribution in [0.25, 0.3) is 0 Å². The van der Waals surface area contributed by atoms with E-state index in [0.29, 0.717) is 30.0 Å². The van der Waals surface area contributed by atoms with Crippen LogP contribution in [0.15, 0.2) is 40.9 Å². The molecule has 3 rings (SSSR count). The lowest BCUT2D eigenvalue weighted by molar-refractivity contribution is 0.262. The van der Waals surface area contributed by atoms with Gasteiger partial charge in [-0.15, -0.1) is 0 Å². The zero-order chi connectivity index (χ0) is 18.2. The van der Waals surface area contributed by atoms with Crippen LogP contribution in [-0.4, -0.2) is 27.2 Å². The Balaban J connectivity index is 1.71. The average molecular weight is 424 g/mol. The van der Waals surface area contributed by atoms with Crippen molar-refractivity contribution >= 4 is 49.0 Å². The summed E-state index contributed by atoms with van der Waals surface area (Å²) in [7, 11) is -3.27. The lowest BCUT2D eigenvalue weighted by Crippen LogP contribution is -2.27. The highest BCUT2D eigenvalue weighted by atomic mass is 79.9. The molecule has 0 radical (unpaired) electrons. The van der Waals surface area contributed by atoms with Crippen LogP contribution in [-0.2, 0) is 16.4 Å². The third kappa shape index (κ3) is 3.96. The molecular weight excluding hydrogens is 406 g/mol. The molecule has 0 aromatic heterocycles. The zero-order valence-corrected chi connectivity index (χ0v) is 16.2. The van der Waals surface area contributed by atoms with Gasteiger partial charge in [-0.1, -0.05) is 15.9 Å². The summed E-state index contributed by atoms with van der Waals surface area (Å²) in [6.45, 7) is 2.38. The van der Waals surface area contributed by atoms with E-state index in [1.165, 1.54) is 10.6 Å². The Hall–Kier alpha value is -2.06. The molecule has 0 aliphatic carbocycles. The normalized spacial score (nSPS) is 13.5. The van der Waals surface area contributed by atoms with E-state index in [2.05, 4.69) is 26.6 Å². The zero-order valence-electron chi connectivity index (χ0n) is 13.8. The maximum Gasteiger partial charge on any atom is 0.323 e. The molecule has 2 aromatic carbocycles. The Morgan fingerprint density at radius 1 is 1.12 bits per heavy atom. The van der Waals surface area contributed by atoms with Gasteiger partial charge in [0.25, 0.3) is 0 Å². The Bertz CT molecular complexity index is 944. The summed E-state index contributed by atoms with van der Waals surface area (Å²) in [5, 5.41) is 5.56. The Kier molecular flexibility index (Phi) is 4.75. The van der Waals surface area contributed by atoms with Crippen LogP contribution in [0.4, 0.5) is 21.9 Å². The van der Waals surface area contributed by atoms with Gasteiger partial charge < -0.3 is 10.6 Å². The summed E-state index contributed by atoms with van der Waals surface area (Å²) in [4.78, 5) is 12.2. The number of carbonyl (C=O) groups excluding carboxylic acids is 1. The molecule has 25 heavy (non-hydrogen) atoms. The lowest BCUT2D eigenvalue weighted by atomic mass is 10.1. The van der Waals surface area contributed by atoms with Gasteiger partial charge in [0.1, 0.15) is 0 Å². The molecule has 2 amide bonds. The predicted molar refractivity (Wildman–Crippen MR) is 104 cm³/mol. The molecule has 0 unspecified atom stereocenters. The molecule has 1 aliphatic heterocycles. The molecule has 0 fully saturated rings. The van der Waals surface area contributed by atoms with Crippen molar-refractivity contribution < 1.29 is 13.2 Å². The SMILES string of the molecule is Cc1cc(NC(=O)Nc2ccc3c(c2)CCN3S(C)(=O)=O)ccc1Br. The topological polar surface area (TPSA) is 78.5 Å². The van der Waals surface area contributed by atoms with E-state index in [0.717, 1.165) is 15.6 Å². The van der Waals surface area contributed by atoms with E-state index < -0.39 is 10.0 Å². The molecule has 0 atom stereocenters. The summed E-state index contributed by atoms with van der Waals surface area (Å²) < 4.78 is 25.9. The summed E-state index contributed by atoms with van der Waals surface area (Å²) in [5.41, 5.74) is 3.93. The molecule has 6 nitrogen and oxygen atoms in total. The fraction of sp³-hybridized carbons (Fsp3) is 0.235. The third-order valence-electron chi connectivity index (χ3n) is 4.01. The Labute approximate surface area is 155 Å². The minimum absolute atomic E-state index is 0.348. The fourth-order valence-corrected chi connectivity index (χ4v) is 4.01. The predicted octanol–water partition coefficient (Wildman–Crippen LogP) is 3.72. The van der Waals surface area contributed by atoms with Crippen molar-refractivity contribution in [1.29, 1.82) is 0 Å². The third-order valence-corrected chi connectivity index (χ3v) is 6.08. The number of benzene rings is 2. The van der Waals surface area contributed by atoms with Gasteiger partial charge >= 0.3 is 6.03 Å². The van der Waals surface area contributed by atoms with E-state index in [1.807, 2.05) is 31.2 Å². The van der Waals surface area contributed by atoms with Crippen molar-refractivity contribution in [2.45, 2.75) is 13.3 Å². The maximum absolute atomic E-state index is 12.2. The number of urea groups is 1. The molecule has 2 aromatic rings. The maximum atomic E-state index is 12.2. The van der Waals surface area contributed by atoms with E-state index in [1.54, 1.807) is 12.1 Å². The first-order valence-corrected chi connectivity index (χ1v) is 10.3. The monoisotopic (exact) mass is 423 g/mol. The van der Waals surface area contributed by atoms with Crippen molar-refractivity contribution in [3.05, 3.63) is 52.0 Å². The number of halogens is 1. The summed E-state index contributed by atoms with van der Waals surface area (Å²) >= 11 is 3.42. The number of nitrogens with zero attached hydrogens (tertiary/aromatic N) is 1. The second kappa shape index (κ2) is 6.68. The largest absolute Gasteiger partial charge is 0.323 e. The molecule has 1 aliphatic rings. The second-order valence-corrected chi connectivity index (χ2v) is 8.73. The minimum atomic E-state index is -3.27. The number of anilines is 3. The highest BCUT2D eigenvalue weighted by Gasteiger charge is 2.26. The van der Waals surface area contributed by atoms with E-state index in [-0.39, 0.29) is 6.03 Å². The molecule has 8 heteroatoms. The molecular formula is C17H18BrN3O3S. The average Bonchev–Trinajstić information content (AvgIpc) is 2.94. The van der Waals surface area contributed by atoms with Crippen molar-refractivity contribution in [1.82, 2.24) is 0 Å². The first-order chi connectivity index (χ1) is 11.7. The van der Waals surface area contributed by atoms with Gasteiger partial charge in [-0.3, -0.25) is 4.31 Å². The summed E-state index contributed by atoms with van der Waals surface area (Å²) in [5.74, 6) is 0. The number of sulfonamides is 1. The van der Waals surface area contributed by atoms with E-state index >= 15 is 0 Å². The fourth-order valence-electron chi connectivity index (χ4n) is 2.81. The van der Waals surface area contributed by atoms with Crippen molar-refractivity contribution in [2.75, 3.05) is 27.7 Å². The molecule has 0 bridgehead atoms. The molecule has 0 saturated heterocycles. The smallest absolute Gasteiger partial charge is 0.308 e. The number of hydrogen-bond acceptors (Lipinski definition) is 3. The quantitative estimate of drug-likeness (QED) is 0.789. The number of nitrogens with one attached hydrogen (secondary N) is 2. The number of amides is 2. The van der Waals surface area contributed by atoms with Gasteiger partial charge in [0.05, 0.1) is 11.9 Å². The first kappa shape index (κ1) is 17.8. The molecule has 1 heterocycles. The minimum Gasteiger partial charge on any atom is -0.308 e. The molecule has 2 N–H and O–H groups in total. The molecule has 0 spiro atoms. The number of aryl methyl sites for hydroxylation is 1. The van der Waals surface area contributed by atoms with Gasteiger partial charge in [0.15, 0.2) is 0 Å². The number of hydrogen-bond donors (Lipinski definition) is 2. The number of rotatable bonds is 3. The molecule has 0 saturated carbocycles. The standard InChI is InChI=1S/C17H18BrN3O3S/c1-11-9-13(3-5-15(11)18)19-17(22)20-14-4-6-16-12(10-14)7-8-21(16)25(2,23)24/h3-6,9-10H,7-8H2,1-2H3,(H2,19,20,22). The summed E-state index contributed by atoms with van der Waals surface area (Å²) in [6, 6.07) is 10.4. The van der Waals surface area contributed by atoms with Crippen LogP contribution in [0.3, 0.4) is 0 Å². The van der Waals surface area contributed by atoms with Gasteiger partial charge in [-0.05, 0) is 60.9 Å². The van der Waals surface area contributed by atoms with Crippen LogP contribution in [0.5, 0.6) is 0 Å². The van der Waals surface area contributed by atoms with Crippen LogP contribution in [0.2, 0.25) is 0 Å². The van der Waals surface area contributed by atoms with E-state index in [9.17, 15) is 13.2 Å². The van der Waals surface area contributed by atoms with Crippen LogP contribution in [0.1, 0.15) is 11.1 Å². The van der Waals surface area contributed by atoms with Gasteiger partial charge in [0.2, 0.25) is 10.0 Å². The molecule has 132 valence electrons. The lowest BCUT2D eigenvalue weighted by Gasteiger charge is -2.16. The van der Waals surface area contributed by atoms with Crippen molar-refractivity contribution in [2.24, 2.45) is 0 Å².